The number of phenols is 1. The molecule has 0 aromatic heterocycles. The number of aliphatic hydroxyl groups excluding tert-OH is 2. The minimum absolute atomic E-state index is 0.0268. The van der Waals surface area contributed by atoms with Crippen molar-refractivity contribution in [3.05, 3.63) is 51.2 Å². The number of likely N-dealkylation sites (N-methyl/N-ethyl adjacent to an activating group) is 1. The first-order chi connectivity index (χ1) is 19.3. The SMILES string of the molecule is CCCC1CCN(Cc2cc(O)c3c(c2F)C[C@H]2C[C@H]4[C@H](N(C)C)C(O)=C(C(N)=O)C(=O)[C@@]4(O)C(O)=C2C3=O)CC1. The average Bonchev–Trinajstić information content (AvgIpc) is 2.90. The fourth-order valence-corrected chi connectivity index (χ4v) is 7.55. The van der Waals surface area contributed by atoms with Crippen LogP contribution in [0.1, 0.15) is 60.5 Å². The van der Waals surface area contributed by atoms with E-state index in [1.54, 1.807) is 14.1 Å². The van der Waals surface area contributed by atoms with Crippen molar-refractivity contribution in [3.8, 4) is 5.75 Å². The molecule has 1 aromatic carbocycles. The number of likely N-dealkylation sites (tertiary alicyclic amines) is 1. The number of nitrogens with zero attached hydrogens (tertiary/aromatic N) is 2. The van der Waals surface area contributed by atoms with Crippen LogP contribution in [-0.2, 0) is 22.6 Å². The number of phenolic OH excluding ortho intramolecular Hbond substituents is 1. The zero-order chi connectivity index (χ0) is 30.0. The van der Waals surface area contributed by atoms with Crippen molar-refractivity contribution in [2.75, 3.05) is 27.2 Å². The maximum atomic E-state index is 16.0. The van der Waals surface area contributed by atoms with Crippen LogP contribution in [0.25, 0.3) is 0 Å². The van der Waals surface area contributed by atoms with Crippen molar-refractivity contribution < 1.29 is 39.2 Å². The third-order valence-electron chi connectivity index (χ3n) is 9.53. The summed E-state index contributed by atoms with van der Waals surface area (Å²) in [6.07, 6.45) is 4.19. The number of primary amides is 1. The summed E-state index contributed by atoms with van der Waals surface area (Å²) in [6.45, 7) is 4.08. The molecule has 0 unspecified atom stereocenters. The summed E-state index contributed by atoms with van der Waals surface area (Å²) >= 11 is 0. The Bertz CT molecular complexity index is 1380. The van der Waals surface area contributed by atoms with E-state index in [-0.39, 0.29) is 41.6 Å². The Hall–Kier alpha value is -3.28. The quantitative estimate of drug-likeness (QED) is 0.322. The first-order valence-corrected chi connectivity index (χ1v) is 14.2. The van der Waals surface area contributed by atoms with Gasteiger partial charge >= 0.3 is 0 Å². The number of aliphatic hydroxyl groups is 3. The van der Waals surface area contributed by atoms with E-state index in [0.717, 1.165) is 32.4 Å². The van der Waals surface area contributed by atoms with Crippen LogP contribution in [0.5, 0.6) is 5.75 Å². The molecular weight excluding hydrogens is 533 g/mol. The lowest BCUT2D eigenvalue weighted by molar-refractivity contribution is -0.148. The largest absolute Gasteiger partial charge is 0.510 e. The molecule has 3 aliphatic carbocycles. The second-order valence-electron chi connectivity index (χ2n) is 12.2. The number of hydrogen-bond donors (Lipinski definition) is 5. The van der Waals surface area contributed by atoms with E-state index in [9.17, 15) is 34.8 Å². The lowest BCUT2D eigenvalue weighted by atomic mass is 9.58. The standard InChI is InChI=1S/C30H38FN3O7/c1-4-5-14-6-8-34(9-7-14)13-16-12-19(35)21-17(23(16)31)10-15-11-18-24(33(2)3)26(37)22(29(32)40)28(39)30(18,41)27(38)20(15)25(21)36/h12,14-15,18,24,35,37-38,41H,4-11,13H2,1-3H3,(H2,32,40)/t15-,18-,24-,30-/m0/s1. The van der Waals surface area contributed by atoms with E-state index in [2.05, 4.69) is 11.8 Å². The number of amides is 1. The van der Waals surface area contributed by atoms with Crippen molar-refractivity contribution in [3.63, 3.8) is 0 Å². The molecule has 11 heteroatoms. The topological polar surface area (TPSA) is 165 Å². The highest BCUT2D eigenvalue weighted by atomic mass is 19.1. The van der Waals surface area contributed by atoms with Crippen LogP contribution >= 0.6 is 0 Å². The summed E-state index contributed by atoms with van der Waals surface area (Å²) in [6, 6.07) is 0.142. The number of ketones is 2. The fourth-order valence-electron chi connectivity index (χ4n) is 7.55. The summed E-state index contributed by atoms with van der Waals surface area (Å²) in [4.78, 5) is 42.8. The molecule has 1 amide bonds. The molecule has 4 atom stereocenters. The smallest absolute Gasteiger partial charge is 0.255 e. The number of nitrogens with two attached hydrogens (primary N) is 1. The zero-order valence-corrected chi connectivity index (χ0v) is 23.6. The Balaban J connectivity index is 1.54. The molecule has 1 aliphatic heterocycles. The predicted molar refractivity (Wildman–Crippen MR) is 147 cm³/mol. The number of benzene rings is 1. The van der Waals surface area contributed by atoms with Crippen LogP contribution in [0, 0.1) is 23.6 Å². The van der Waals surface area contributed by atoms with Gasteiger partial charge in [-0.1, -0.05) is 19.8 Å². The molecule has 41 heavy (non-hydrogen) atoms. The molecule has 0 radical (unpaired) electrons. The number of hydrogen-bond acceptors (Lipinski definition) is 9. The molecule has 0 spiro atoms. The number of carbonyl (C=O) groups is 3. The van der Waals surface area contributed by atoms with E-state index in [1.165, 1.54) is 17.4 Å². The molecule has 1 saturated heterocycles. The summed E-state index contributed by atoms with van der Waals surface area (Å²) < 4.78 is 16.0. The van der Waals surface area contributed by atoms with Gasteiger partial charge < -0.3 is 26.2 Å². The van der Waals surface area contributed by atoms with Gasteiger partial charge in [0.25, 0.3) is 5.91 Å². The lowest BCUT2D eigenvalue weighted by Crippen LogP contribution is -2.63. The monoisotopic (exact) mass is 571 g/mol. The van der Waals surface area contributed by atoms with Gasteiger partial charge in [-0.25, -0.2) is 4.39 Å². The van der Waals surface area contributed by atoms with Gasteiger partial charge in [-0.2, -0.15) is 0 Å². The van der Waals surface area contributed by atoms with Gasteiger partial charge in [0.2, 0.25) is 5.78 Å². The van der Waals surface area contributed by atoms with Gasteiger partial charge in [-0.05, 0) is 70.8 Å². The maximum Gasteiger partial charge on any atom is 0.255 e. The molecule has 0 saturated carbocycles. The highest BCUT2D eigenvalue weighted by molar-refractivity contribution is 6.24. The summed E-state index contributed by atoms with van der Waals surface area (Å²) in [5.41, 5.74) is 1.45. The van der Waals surface area contributed by atoms with Crippen LogP contribution in [-0.4, -0.2) is 86.5 Å². The van der Waals surface area contributed by atoms with E-state index < -0.39 is 69.6 Å². The van der Waals surface area contributed by atoms with Crippen LogP contribution in [0.3, 0.4) is 0 Å². The molecular formula is C30H38FN3O7. The summed E-state index contributed by atoms with van der Waals surface area (Å²) in [7, 11) is 3.12. The van der Waals surface area contributed by atoms with Gasteiger partial charge in [0, 0.05) is 29.2 Å². The molecule has 4 aliphatic rings. The Labute approximate surface area is 237 Å². The van der Waals surface area contributed by atoms with Crippen molar-refractivity contribution in [2.45, 2.75) is 63.6 Å². The van der Waals surface area contributed by atoms with E-state index in [1.807, 2.05) is 0 Å². The molecule has 0 bridgehead atoms. The lowest BCUT2D eigenvalue weighted by Gasteiger charge is -2.50. The molecule has 5 rings (SSSR count). The van der Waals surface area contributed by atoms with Crippen LogP contribution in [0.4, 0.5) is 4.39 Å². The summed E-state index contributed by atoms with van der Waals surface area (Å²) in [5.74, 6) is -7.43. The third-order valence-corrected chi connectivity index (χ3v) is 9.53. The number of aromatic hydroxyl groups is 1. The van der Waals surface area contributed by atoms with Crippen molar-refractivity contribution in [1.82, 2.24) is 9.80 Å². The molecule has 222 valence electrons. The highest BCUT2D eigenvalue weighted by Gasteiger charge is 2.63. The molecule has 1 fully saturated rings. The number of Topliss-reactive ketones (excluding diaryl/α,β-unsaturated/α-hetero) is 2. The molecule has 10 nitrogen and oxygen atoms in total. The van der Waals surface area contributed by atoms with Gasteiger partial charge in [0.05, 0.1) is 11.6 Å². The number of carbonyl (C=O) groups excluding carboxylic acids is 3. The fraction of sp³-hybridized carbons (Fsp3) is 0.567. The second kappa shape index (κ2) is 10.5. The Morgan fingerprint density at radius 3 is 2.44 bits per heavy atom. The Morgan fingerprint density at radius 2 is 1.85 bits per heavy atom. The maximum absolute atomic E-state index is 16.0. The first kappa shape index (κ1) is 29.2. The molecule has 6 N–H and O–H groups in total. The van der Waals surface area contributed by atoms with Gasteiger partial charge in [0.15, 0.2) is 11.4 Å². The minimum Gasteiger partial charge on any atom is -0.510 e. The summed E-state index contributed by atoms with van der Waals surface area (Å²) in [5, 5.41) is 44.8. The zero-order valence-electron chi connectivity index (χ0n) is 23.6. The van der Waals surface area contributed by atoms with Crippen LogP contribution in [0.2, 0.25) is 0 Å². The number of allylic oxidation sites excluding steroid dienone is 1. The average molecular weight is 572 g/mol. The second-order valence-corrected chi connectivity index (χ2v) is 12.2. The van der Waals surface area contributed by atoms with E-state index in [4.69, 9.17) is 5.73 Å². The van der Waals surface area contributed by atoms with Crippen molar-refractivity contribution in [2.24, 2.45) is 23.5 Å². The third kappa shape index (κ3) is 4.45. The Morgan fingerprint density at radius 1 is 1.20 bits per heavy atom. The van der Waals surface area contributed by atoms with Crippen molar-refractivity contribution >= 4 is 17.5 Å². The number of fused-ring (bicyclic) bond motifs is 3. The number of halogens is 1. The molecule has 1 aromatic rings. The first-order valence-electron chi connectivity index (χ1n) is 14.2. The highest BCUT2D eigenvalue weighted by Crippen LogP contribution is 2.52. The predicted octanol–water partition coefficient (Wildman–Crippen LogP) is 2.27. The normalized spacial score (nSPS) is 29.1. The van der Waals surface area contributed by atoms with E-state index in [0.29, 0.717) is 5.92 Å². The number of piperidine rings is 1. The van der Waals surface area contributed by atoms with Gasteiger partial charge in [0.1, 0.15) is 28.7 Å². The minimum atomic E-state index is -2.72. The molecule has 1 heterocycles. The van der Waals surface area contributed by atoms with Gasteiger partial charge in [-0.3, -0.25) is 24.2 Å². The number of rotatable bonds is 6. The van der Waals surface area contributed by atoms with Gasteiger partial charge in [-0.15, -0.1) is 0 Å². The van der Waals surface area contributed by atoms with Crippen LogP contribution in [0.15, 0.2) is 28.7 Å². The van der Waals surface area contributed by atoms with Crippen molar-refractivity contribution in [1.29, 1.82) is 0 Å². The van der Waals surface area contributed by atoms with E-state index >= 15 is 4.39 Å². The Kier molecular flexibility index (Phi) is 7.50. The van der Waals surface area contributed by atoms with Crippen LogP contribution < -0.4 is 5.73 Å².